The molecule has 0 aromatic heterocycles. The summed E-state index contributed by atoms with van der Waals surface area (Å²) in [7, 11) is 1.83. The Kier molecular flexibility index (Phi) is 9.26. The number of aliphatic imine (C=N–C) groups is 1. The minimum absolute atomic E-state index is 0.598. The molecule has 26 heavy (non-hydrogen) atoms. The van der Waals surface area contributed by atoms with Crippen molar-refractivity contribution in [3.05, 3.63) is 28.7 Å². The van der Waals surface area contributed by atoms with Crippen LogP contribution in [0.15, 0.2) is 33.7 Å². The molecule has 1 aromatic carbocycles. The number of hydrogen-bond donors (Lipinski definition) is 2. The largest absolute Gasteiger partial charge is 0.381 e. The van der Waals surface area contributed by atoms with E-state index in [1.54, 1.807) is 0 Å². The van der Waals surface area contributed by atoms with Crippen LogP contribution in [-0.4, -0.2) is 52.4 Å². The van der Waals surface area contributed by atoms with E-state index in [2.05, 4.69) is 74.6 Å². The molecule has 1 heterocycles. The highest BCUT2D eigenvalue weighted by molar-refractivity contribution is 9.10. The van der Waals surface area contributed by atoms with Gasteiger partial charge in [-0.3, -0.25) is 4.99 Å². The van der Waals surface area contributed by atoms with Gasteiger partial charge in [-0.15, -0.1) is 0 Å². The van der Waals surface area contributed by atoms with E-state index in [1.165, 1.54) is 12.1 Å². The Labute approximate surface area is 166 Å². The van der Waals surface area contributed by atoms with Gasteiger partial charge in [-0.25, -0.2) is 0 Å². The lowest BCUT2D eigenvalue weighted by Crippen LogP contribution is -2.40. The number of nitrogens with zero attached hydrogens (tertiary/aromatic N) is 2. The second kappa shape index (κ2) is 11.4. The first kappa shape index (κ1) is 21.0. The van der Waals surface area contributed by atoms with E-state index in [0.29, 0.717) is 11.8 Å². The number of halogens is 1. The van der Waals surface area contributed by atoms with Gasteiger partial charge in [0, 0.05) is 56.6 Å². The van der Waals surface area contributed by atoms with Gasteiger partial charge >= 0.3 is 0 Å². The summed E-state index contributed by atoms with van der Waals surface area (Å²) in [4.78, 5) is 6.78. The molecule has 1 aromatic rings. The number of benzene rings is 1. The Balaban J connectivity index is 1.62. The molecule has 1 aliphatic heterocycles. The summed E-state index contributed by atoms with van der Waals surface area (Å²) >= 11 is 3.50. The fraction of sp³-hybridized carbons (Fsp3) is 0.650. The maximum absolute atomic E-state index is 5.60. The van der Waals surface area contributed by atoms with Crippen molar-refractivity contribution in [2.24, 2.45) is 16.8 Å². The predicted octanol–water partition coefficient (Wildman–Crippen LogP) is 3.50. The van der Waals surface area contributed by atoms with E-state index in [0.717, 1.165) is 56.2 Å². The molecule has 2 N–H and O–H groups in total. The lowest BCUT2D eigenvalue weighted by atomic mass is 10.1. The lowest BCUT2D eigenvalue weighted by Gasteiger charge is -2.19. The maximum atomic E-state index is 5.60. The Morgan fingerprint density at radius 2 is 2.08 bits per heavy atom. The quantitative estimate of drug-likeness (QED) is 0.361. The molecule has 5 nitrogen and oxygen atoms in total. The van der Waals surface area contributed by atoms with E-state index in [-0.39, 0.29) is 0 Å². The molecule has 0 radical (unpaired) electrons. The Bertz CT molecular complexity index is 547. The van der Waals surface area contributed by atoms with E-state index in [9.17, 15) is 0 Å². The first-order chi connectivity index (χ1) is 12.6. The highest BCUT2D eigenvalue weighted by Gasteiger charge is 2.22. The highest BCUT2D eigenvalue weighted by Crippen LogP contribution is 2.24. The van der Waals surface area contributed by atoms with Crippen molar-refractivity contribution in [1.29, 1.82) is 0 Å². The molecule has 0 bridgehead atoms. The van der Waals surface area contributed by atoms with Crippen molar-refractivity contribution < 1.29 is 4.74 Å². The third kappa shape index (κ3) is 7.54. The van der Waals surface area contributed by atoms with Gasteiger partial charge in [0.1, 0.15) is 0 Å². The van der Waals surface area contributed by atoms with Crippen LogP contribution in [0.3, 0.4) is 0 Å². The molecule has 0 amide bonds. The topological polar surface area (TPSA) is 48.9 Å². The zero-order valence-electron chi connectivity index (χ0n) is 16.3. The summed E-state index contributed by atoms with van der Waals surface area (Å²) in [5.41, 5.74) is 1.31. The molecule has 6 heteroatoms. The summed E-state index contributed by atoms with van der Waals surface area (Å²) in [6.07, 6.45) is 2.21. The SMILES string of the molecule is CN=C(NCCCOCC(C)C)NCC1CCN(c2ccc(Br)cc2)C1. The van der Waals surface area contributed by atoms with Crippen LogP contribution in [0.25, 0.3) is 0 Å². The van der Waals surface area contributed by atoms with E-state index < -0.39 is 0 Å². The molecule has 2 rings (SSSR count). The van der Waals surface area contributed by atoms with Crippen LogP contribution in [-0.2, 0) is 4.74 Å². The van der Waals surface area contributed by atoms with Crippen LogP contribution in [0.2, 0.25) is 0 Å². The molecule has 0 spiro atoms. The molecule has 1 saturated heterocycles. The van der Waals surface area contributed by atoms with E-state index in [1.807, 2.05) is 7.05 Å². The molecule has 0 saturated carbocycles. The van der Waals surface area contributed by atoms with Gasteiger partial charge in [0.15, 0.2) is 5.96 Å². The van der Waals surface area contributed by atoms with Gasteiger partial charge in [0.25, 0.3) is 0 Å². The smallest absolute Gasteiger partial charge is 0.190 e. The highest BCUT2D eigenvalue weighted by atomic mass is 79.9. The number of ether oxygens (including phenoxy) is 1. The van der Waals surface area contributed by atoms with Crippen LogP contribution >= 0.6 is 15.9 Å². The average molecular weight is 425 g/mol. The van der Waals surface area contributed by atoms with E-state index >= 15 is 0 Å². The third-order valence-electron chi connectivity index (χ3n) is 4.47. The van der Waals surface area contributed by atoms with Gasteiger partial charge in [-0.2, -0.15) is 0 Å². The Hall–Kier alpha value is -1.27. The van der Waals surface area contributed by atoms with Crippen LogP contribution in [0.4, 0.5) is 5.69 Å². The van der Waals surface area contributed by atoms with Gasteiger partial charge in [0.05, 0.1) is 0 Å². The summed E-state index contributed by atoms with van der Waals surface area (Å²) in [5, 5.41) is 6.84. The summed E-state index contributed by atoms with van der Waals surface area (Å²) in [6, 6.07) is 8.58. The van der Waals surface area contributed by atoms with Crippen molar-refractivity contribution in [3.63, 3.8) is 0 Å². The van der Waals surface area contributed by atoms with Crippen molar-refractivity contribution in [2.75, 3.05) is 51.3 Å². The molecule has 0 aliphatic carbocycles. The van der Waals surface area contributed by atoms with Crippen LogP contribution < -0.4 is 15.5 Å². The van der Waals surface area contributed by atoms with Gasteiger partial charge in [0.2, 0.25) is 0 Å². The predicted molar refractivity (Wildman–Crippen MR) is 114 cm³/mol. The van der Waals surface area contributed by atoms with Crippen molar-refractivity contribution in [2.45, 2.75) is 26.7 Å². The number of hydrogen-bond acceptors (Lipinski definition) is 3. The first-order valence-electron chi connectivity index (χ1n) is 9.61. The summed E-state index contributed by atoms with van der Waals surface area (Å²) in [5.74, 6) is 2.13. The van der Waals surface area contributed by atoms with E-state index in [4.69, 9.17) is 4.74 Å². The fourth-order valence-electron chi connectivity index (χ4n) is 3.05. The third-order valence-corrected chi connectivity index (χ3v) is 5.00. The zero-order chi connectivity index (χ0) is 18.8. The Morgan fingerprint density at radius 1 is 1.31 bits per heavy atom. The van der Waals surface area contributed by atoms with Crippen LogP contribution in [0.1, 0.15) is 26.7 Å². The lowest BCUT2D eigenvalue weighted by molar-refractivity contribution is 0.108. The monoisotopic (exact) mass is 424 g/mol. The van der Waals surface area contributed by atoms with Gasteiger partial charge < -0.3 is 20.3 Å². The molecular weight excluding hydrogens is 392 g/mol. The zero-order valence-corrected chi connectivity index (χ0v) is 17.9. The number of guanidine groups is 1. The molecule has 1 fully saturated rings. The fourth-order valence-corrected chi connectivity index (χ4v) is 3.31. The minimum atomic E-state index is 0.598. The molecule has 1 aliphatic rings. The van der Waals surface area contributed by atoms with Crippen LogP contribution in [0, 0.1) is 11.8 Å². The average Bonchev–Trinajstić information content (AvgIpc) is 3.10. The normalized spacial score (nSPS) is 17.8. The summed E-state index contributed by atoms with van der Waals surface area (Å²) in [6.45, 7) is 10.0. The standard InChI is InChI=1S/C20H33BrN4O/c1-16(2)15-26-12-4-10-23-20(22-3)24-13-17-9-11-25(14-17)19-7-5-18(21)6-8-19/h5-8,16-17H,4,9-15H2,1-3H3,(H2,22,23,24). The second-order valence-electron chi connectivity index (χ2n) is 7.28. The minimum Gasteiger partial charge on any atom is -0.381 e. The van der Waals surface area contributed by atoms with Crippen molar-refractivity contribution in [3.8, 4) is 0 Å². The van der Waals surface area contributed by atoms with Crippen molar-refractivity contribution in [1.82, 2.24) is 10.6 Å². The molecule has 1 atom stereocenters. The summed E-state index contributed by atoms with van der Waals surface area (Å²) < 4.78 is 6.73. The molecule has 146 valence electrons. The molecular formula is C20H33BrN4O. The molecule has 1 unspecified atom stereocenters. The van der Waals surface area contributed by atoms with Crippen molar-refractivity contribution >= 4 is 27.6 Å². The Morgan fingerprint density at radius 3 is 2.77 bits per heavy atom. The number of anilines is 1. The van der Waals surface area contributed by atoms with Crippen LogP contribution in [0.5, 0.6) is 0 Å². The van der Waals surface area contributed by atoms with Gasteiger partial charge in [-0.05, 0) is 48.9 Å². The van der Waals surface area contributed by atoms with Gasteiger partial charge in [-0.1, -0.05) is 29.8 Å². The second-order valence-corrected chi connectivity index (χ2v) is 8.20. The first-order valence-corrected chi connectivity index (χ1v) is 10.4. The maximum Gasteiger partial charge on any atom is 0.190 e. The number of nitrogens with one attached hydrogen (secondary N) is 2. The number of rotatable bonds is 9.